The third-order valence-electron chi connectivity index (χ3n) is 2.19. The van der Waals surface area contributed by atoms with Crippen molar-refractivity contribution >= 4 is 11.6 Å². The van der Waals surface area contributed by atoms with Crippen molar-refractivity contribution < 1.29 is 9.18 Å². The largest absolute Gasteiger partial charge is 0.374 e. The summed E-state index contributed by atoms with van der Waals surface area (Å²) in [5.41, 5.74) is 0.834. The Morgan fingerprint density at radius 2 is 2.29 bits per heavy atom. The molecule has 1 aromatic carbocycles. The van der Waals surface area contributed by atoms with E-state index in [-0.39, 0.29) is 24.7 Å². The number of rotatable bonds is 5. The lowest BCUT2D eigenvalue weighted by atomic mass is 10.2. The van der Waals surface area contributed by atoms with Crippen molar-refractivity contribution in [3.05, 3.63) is 29.6 Å². The first-order valence-electron chi connectivity index (χ1n) is 5.27. The lowest BCUT2D eigenvalue weighted by molar-refractivity contribution is -0.119. The molecule has 4 nitrogen and oxygen atoms in total. The van der Waals surface area contributed by atoms with Crippen LogP contribution in [0.1, 0.15) is 12.0 Å². The average molecular weight is 235 g/mol. The van der Waals surface area contributed by atoms with Gasteiger partial charge in [0.15, 0.2) is 0 Å². The molecule has 0 saturated carbocycles. The minimum atomic E-state index is -0.350. The van der Waals surface area contributed by atoms with E-state index in [0.29, 0.717) is 17.8 Å². The fraction of sp³-hybridized carbons (Fsp3) is 0.333. The number of aryl methyl sites for hydroxylation is 1. The average Bonchev–Trinajstić information content (AvgIpc) is 2.31. The number of hydrogen-bond acceptors (Lipinski definition) is 3. The van der Waals surface area contributed by atoms with Gasteiger partial charge in [0.2, 0.25) is 5.91 Å². The van der Waals surface area contributed by atoms with Gasteiger partial charge in [0, 0.05) is 6.54 Å². The fourth-order valence-electron chi connectivity index (χ4n) is 1.28. The molecule has 0 radical (unpaired) electrons. The van der Waals surface area contributed by atoms with Gasteiger partial charge >= 0.3 is 0 Å². The lowest BCUT2D eigenvalue weighted by Crippen LogP contribution is -2.30. The summed E-state index contributed by atoms with van der Waals surface area (Å²) in [5.74, 6) is -0.613. The van der Waals surface area contributed by atoms with Gasteiger partial charge in [-0.15, -0.1) is 0 Å². The van der Waals surface area contributed by atoms with Crippen LogP contribution in [0.4, 0.5) is 10.1 Å². The topological polar surface area (TPSA) is 64.9 Å². The molecule has 0 atom stereocenters. The Hall–Kier alpha value is -2.09. The fourth-order valence-corrected chi connectivity index (χ4v) is 1.28. The van der Waals surface area contributed by atoms with Crippen LogP contribution in [0.2, 0.25) is 0 Å². The van der Waals surface area contributed by atoms with Gasteiger partial charge in [0.25, 0.3) is 0 Å². The number of nitriles is 1. The maximum Gasteiger partial charge on any atom is 0.239 e. The Bertz CT molecular complexity index is 440. The molecule has 1 amide bonds. The van der Waals surface area contributed by atoms with Crippen LogP contribution in [-0.4, -0.2) is 19.0 Å². The van der Waals surface area contributed by atoms with Gasteiger partial charge in [-0.25, -0.2) is 4.39 Å². The quantitative estimate of drug-likeness (QED) is 0.761. The number of anilines is 1. The summed E-state index contributed by atoms with van der Waals surface area (Å²) in [4.78, 5) is 11.3. The standard InChI is InChI=1S/C12H14FN3O/c1-9-4-2-5-10(12(9)13)16-8-11(17)15-7-3-6-14/h2,4-5,16H,3,7-8H2,1H3,(H,15,17). The molecule has 1 rings (SSSR count). The molecule has 0 bridgehead atoms. The summed E-state index contributed by atoms with van der Waals surface area (Å²) in [6.07, 6.45) is 0.268. The molecule has 0 aromatic heterocycles. The van der Waals surface area contributed by atoms with E-state index >= 15 is 0 Å². The minimum absolute atomic E-state index is 0.00813. The smallest absolute Gasteiger partial charge is 0.239 e. The van der Waals surface area contributed by atoms with Crippen molar-refractivity contribution in [2.75, 3.05) is 18.4 Å². The summed E-state index contributed by atoms with van der Waals surface area (Å²) in [6, 6.07) is 6.87. The second kappa shape index (κ2) is 6.48. The van der Waals surface area contributed by atoms with Crippen LogP contribution in [-0.2, 0) is 4.79 Å². The molecule has 5 heteroatoms. The molecule has 2 N–H and O–H groups in total. The second-order valence-corrected chi connectivity index (χ2v) is 3.55. The Morgan fingerprint density at radius 3 is 3.00 bits per heavy atom. The third-order valence-corrected chi connectivity index (χ3v) is 2.19. The highest BCUT2D eigenvalue weighted by atomic mass is 19.1. The molecule has 0 saturated heterocycles. The molecule has 0 unspecified atom stereocenters. The highest BCUT2D eigenvalue weighted by Gasteiger charge is 2.05. The van der Waals surface area contributed by atoms with Crippen LogP contribution in [0.5, 0.6) is 0 Å². The van der Waals surface area contributed by atoms with E-state index in [1.165, 1.54) is 0 Å². The van der Waals surface area contributed by atoms with Gasteiger partial charge in [-0.1, -0.05) is 12.1 Å². The Labute approximate surface area is 99.4 Å². The van der Waals surface area contributed by atoms with Crippen molar-refractivity contribution in [2.24, 2.45) is 0 Å². The zero-order valence-electron chi connectivity index (χ0n) is 9.59. The van der Waals surface area contributed by atoms with Crippen molar-refractivity contribution in [3.8, 4) is 6.07 Å². The molecule has 90 valence electrons. The molecule has 0 aliphatic carbocycles. The predicted octanol–water partition coefficient (Wildman–Crippen LogP) is 1.58. The van der Waals surface area contributed by atoms with E-state index in [0.717, 1.165) is 0 Å². The first-order valence-corrected chi connectivity index (χ1v) is 5.27. The Balaban J connectivity index is 2.43. The van der Waals surface area contributed by atoms with Crippen molar-refractivity contribution in [3.63, 3.8) is 0 Å². The van der Waals surface area contributed by atoms with Gasteiger partial charge in [-0.05, 0) is 18.6 Å². The molecule has 0 fully saturated rings. The summed E-state index contributed by atoms with van der Waals surface area (Å²) < 4.78 is 13.5. The van der Waals surface area contributed by atoms with Gasteiger partial charge in [0.05, 0.1) is 24.7 Å². The van der Waals surface area contributed by atoms with E-state index in [2.05, 4.69) is 10.6 Å². The van der Waals surface area contributed by atoms with Crippen LogP contribution in [0.25, 0.3) is 0 Å². The van der Waals surface area contributed by atoms with E-state index < -0.39 is 0 Å². The van der Waals surface area contributed by atoms with Crippen molar-refractivity contribution in [1.82, 2.24) is 5.32 Å². The number of carbonyl (C=O) groups is 1. The predicted molar refractivity (Wildman–Crippen MR) is 62.9 cm³/mol. The second-order valence-electron chi connectivity index (χ2n) is 3.55. The van der Waals surface area contributed by atoms with E-state index in [1.807, 2.05) is 6.07 Å². The summed E-state index contributed by atoms with van der Waals surface area (Å²) >= 11 is 0. The van der Waals surface area contributed by atoms with Crippen LogP contribution in [0.15, 0.2) is 18.2 Å². The van der Waals surface area contributed by atoms with E-state index in [9.17, 15) is 9.18 Å². The van der Waals surface area contributed by atoms with Crippen molar-refractivity contribution in [1.29, 1.82) is 5.26 Å². The SMILES string of the molecule is Cc1cccc(NCC(=O)NCCC#N)c1F. The molecule has 1 aromatic rings. The molecule has 0 spiro atoms. The van der Waals surface area contributed by atoms with Crippen molar-refractivity contribution in [2.45, 2.75) is 13.3 Å². The first-order chi connectivity index (χ1) is 8.15. The maximum atomic E-state index is 13.5. The van der Waals surface area contributed by atoms with Gasteiger partial charge in [-0.3, -0.25) is 4.79 Å². The number of carbonyl (C=O) groups excluding carboxylic acids is 1. The summed E-state index contributed by atoms with van der Waals surface area (Å²) in [6.45, 7) is 1.96. The minimum Gasteiger partial charge on any atom is -0.374 e. The Morgan fingerprint density at radius 1 is 1.53 bits per heavy atom. The number of amides is 1. The number of hydrogen-bond donors (Lipinski definition) is 2. The molecule has 17 heavy (non-hydrogen) atoms. The maximum absolute atomic E-state index is 13.5. The first kappa shape index (κ1) is 13.0. The number of halogens is 1. The molecule has 0 heterocycles. The number of nitrogens with zero attached hydrogens (tertiary/aromatic N) is 1. The highest BCUT2D eigenvalue weighted by molar-refractivity contribution is 5.80. The summed E-state index contributed by atoms with van der Waals surface area (Å²) in [7, 11) is 0. The van der Waals surface area contributed by atoms with Crippen LogP contribution >= 0.6 is 0 Å². The van der Waals surface area contributed by atoms with Gasteiger partial charge < -0.3 is 10.6 Å². The zero-order chi connectivity index (χ0) is 12.7. The Kier molecular flexibility index (Phi) is 4.95. The monoisotopic (exact) mass is 235 g/mol. The van der Waals surface area contributed by atoms with Crippen LogP contribution in [0.3, 0.4) is 0 Å². The molecule has 0 aliphatic rings. The van der Waals surface area contributed by atoms with Gasteiger partial charge in [-0.2, -0.15) is 5.26 Å². The lowest BCUT2D eigenvalue weighted by Gasteiger charge is -2.08. The molecule has 0 aliphatic heterocycles. The highest BCUT2D eigenvalue weighted by Crippen LogP contribution is 2.16. The van der Waals surface area contributed by atoms with Gasteiger partial charge in [0.1, 0.15) is 5.82 Å². The zero-order valence-corrected chi connectivity index (χ0v) is 9.59. The van der Waals surface area contributed by atoms with E-state index in [4.69, 9.17) is 5.26 Å². The van der Waals surface area contributed by atoms with Crippen LogP contribution < -0.4 is 10.6 Å². The summed E-state index contributed by atoms with van der Waals surface area (Å²) in [5, 5.41) is 13.5. The van der Waals surface area contributed by atoms with E-state index in [1.54, 1.807) is 25.1 Å². The molecular formula is C12H14FN3O. The number of nitrogens with one attached hydrogen (secondary N) is 2. The third kappa shape index (κ3) is 4.11. The molecular weight excluding hydrogens is 221 g/mol. The van der Waals surface area contributed by atoms with Crippen LogP contribution in [0, 0.1) is 24.1 Å². The normalized spacial score (nSPS) is 9.47. The number of benzene rings is 1.